The van der Waals surface area contributed by atoms with E-state index in [1.54, 1.807) is 18.9 Å². The summed E-state index contributed by atoms with van der Waals surface area (Å²) in [5, 5.41) is 0. The van der Waals surface area contributed by atoms with Crippen molar-refractivity contribution in [1.29, 1.82) is 0 Å². The van der Waals surface area contributed by atoms with Gasteiger partial charge in [-0.1, -0.05) is 6.92 Å². The Morgan fingerprint density at radius 2 is 1.50 bits per heavy atom. The molecule has 82 valence electrons. The molecule has 0 spiro atoms. The number of amides is 2. The monoisotopic (exact) mass is 200 g/mol. The van der Waals surface area contributed by atoms with Crippen molar-refractivity contribution >= 4 is 11.8 Å². The van der Waals surface area contributed by atoms with Crippen LogP contribution < -0.4 is 0 Å². The maximum Gasteiger partial charge on any atom is 0.242 e. The van der Waals surface area contributed by atoms with Crippen LogP contribution in [0.4, 0.5) is 0 Å². The molecule has 0 aliphatic carbocycles. The Kier molecular flexibility index (Phi) is 5.92. The lowest BCUT2D eigenvalue weighted by molar-refractivity contribution is -0.139. The first kappa shape index (κ1) is 12.9. The van der Waals surface area contributed by atoms with Crippen molar-refractivity contribution < 1.29 is 9.59 Å². The normalized spacial score (nSPS) is 9.71. The average molecular weight is 200 g/mol. The molecule has 0 aromatic heterocycles. The largest absolute Gasteiger partial charge is 0.342 e. The molecule has 0 atom stereocenters. The third-order valence-electron chi connectivity index (χ3n) is 2.22. The molecule has 0 rings (SSSR count). The standard InChI is InChI=1S/C10H20N2O2/c1-5-9(13)11(4)8-10(14)12(6-2)7-3/h5-8H2,1-4H3. The fourth-order valence-corrected chi connectivity index (χ4v) is 1.24. The molecule has 2 amide bonds. The summed E-state index contributed by atoms with van der Waals surface area (Å²) in [6.45, 7) is 7.24. The van der Waals surface area contributed by atoms with E-state index in [4.69, 9.17) is 0 Å². The van der Waals surface area contributed by atoms with Crippen LogP contribution in [0.1, 0.15) is 27.2 Å². The number of likely N-dealkylation sites (N-methyl/N-ethyl adjacent to an activating group) is 2. The summed E-state index contributed by atoms with van der Waals surface area (Å²) < 4.78 is 0. The van der Waals surface area contributed by atoms with Crippen molar-refractivity contribution in [2.24, 2.45) is 0 Å². The minimum absolute atomic E-state index is 0.00510. The summed E-state index contributed by atoms with van der Waals surface area (Å²) in [5.41, 5.74) is 0. The highest BCUT2D eigenvalue weighted by molar-refractivity contribution is 5.84. The quantitative estimate of drug-likeness (QED) is 0.656. The molecule has 0 aliphatic heterocycles. The fraction of sp³-hybridized carbons (Fsp3) is 0.800. The molecule has 0 unspecified atom stereocenters. The maximum absolute atomic E-state index is 11.6. The van der Waals surface area contributed by atoms with Gasteiger partial charge in [0.2, 0.25) is 11.8 Å². The molecule has 0 aromatic carbocycles. The lowest BCUT2D eigenvalue weighted by Gasteiger charge is -2.22. The van der Waals surface area contributed by atoms with Gasteiger partial charge in [0, 0.05) is 26.6 Å². The SMILES string of the molecule is CCC(=O)N(C)CC(=O)N(CC)CC. The molecule has 4 heteroatoms. The summed E-state index contributed by atoms with van der Waals surface area (Å²) in [6, 6.07) is 0. The van der Waals surface area contributed by atoms with Gasteiger partial charge in [0.15, 0.2) is 0 Å². The molecule has 0 radical (unpaired) electrons. The van der Waals surface area contributed by atoms with Crippen LogP contribution in [0.25, 0.3) is 0 Å². The lowest BCUT2D eigenvalue weighted by Crippen LogP contribution is -2.40. The second-order valence-electron chi connectivity index (χ2n) is 3.17. The highest BCUT2D eigenvalue weighted by Crippen LogP contribution is 1.94. The predicted octanol–water partition coefficient (Wildman–Crippen LogP) is 0.723. The Balaban J connectivity index is 4.10. The summed E-state index contributed by atoms with van der Waals surface area (Å²) >= 11 is 0. The molecular weight excluding hydrogens is 180 g/mol. The van der Waals surface area contributed by atoms with E-state index in [0.717, 1.165) is 0 Å². The maximum atomic E-state index is 11.6. The van der Waals surface area contributed by atoms with E-state index in [-0.39, 0.29) is 18.4 Å². The van der Waals surface area contributed by atoms with Crippen LogP contribution in [0.5, 0.6) is 0 Å². The zero-order valence-electron chi connectivity index (χ0n) is 9.54. The van der Waals surface area contributed by atoms with Crippen molar-refractivity contribution in [2.75, 3.05) is 26.7 Å². The molecule has 0 bridgehead atoms. The van der Waals surface area contributed by atoms with Gasteiger partial charge < -0.3 is 9.80 Å². The second kappa shape index (κ2) is 6.40. The Hall–Kier alpha value is -1.06. The van der Waals surface area contributed by atoms with Crippen LogP contribution >= 0.6 is 0 Å². The third-order valence-corrected chi connectivity index (χ3v) is 2.22. The van der Waals surface area contributed by atoms with E-state index in [0.29, 0.717) is 19.5 Å². The van der Waals surface area contributed by atoms with Crippen LogP contribution in [0.2, 0.25) is 0 Å². The topological polar surface area (TPSA) is 40.6 Å². The van der Waals surface area contributed by atoms with Gasteiger partial charge in [0.25, 0.3) is 0 Å². The van der Waals surface area contributed by atoms with Gasteiger partial charge in [-0.25, -0.2) is 0 Å². The average Bonchev–Trinajstić information content (AvgIpc) is 2.18. The first-order valence-corrected chi connectivity index (χ1v) is 5.08. The number of nitrogens with zero attached hydrogens (tertiary/aromatic N) is 2. The van der Waals surface area contributed by atoms with Crippen molar-refractivity contribution in [3.05, 3.63) is 0 Å². The van der Waals surface area contributed by atoms with Gasteiger partial charge in [0.1, 0.15) is 0 Å². The minimum Gasteiger partial charge on any atom is -0.342 e. The van der Waals surface area contributed by atoms with Crippen LogP contribution in [0.15, 0.2) is 0 Å². The minimum atomic E-state index is 0.00510. The lowest BCUT2D eigenvalue weighted by atomic mass is 10.3. The first-order chi connectivity index (χ1) is 6.56. The number of hydrogen-bond donors (Lipinski definition) is 0. The third kappa shape index (κ3) is 3.77. The molecule has 0 saturated carbocycles. The summed E-state index contributed by atoms with van der Waals surface area (Å²) in [7, 11) is 1.66. The van der Waals surface area contributed by atoms with Gasteiger partial charge in [-0.2, -0.15) is 0 Å². The van der Waals surface area contributed by atoms with E-state index in [1.165, 1.54) is 4.90 Å². The second-order valence-corrected chi connectivity index (χ2v) is 3.17. The molecule has 0 N–H and O–H groups in total. The molecule has 4 nitrogen and oxygen atoms in total. The van der Waals surface area contributed by atoms with Crippen LogP contribution in [-0.2, 0) is 9.59 Å². The van der Waals surface area contributed by atoms with Crippen LogP contribution in [0, 0.1) is 0 Å². The van der Waals surface area contributed by atoms with Crippen molar-refractivity contribution in [1.82, 2.24) is 9.80 Å². The van der Waals surface area contributed by atoms with E-state index < -0.39 is 0 Å². The Morgan fingerprint density at radius 1 is 1.00 bits per heavy atom. The highest BCUT2D eigenvalue weighted by atomic mass is 16.2. The van der Waals surface area contributed by atoms with Crippen LogP contribution in [0.3, 0.4) is 0 Å². The smallest absolute Gasteiger partial charge is 0.242 e. The molecule has 0 aromatic rings. The Morgan fingerprint density at radius 3 is 1.86 bits per heavy atom. The molecule has 0 aliphatic rings. The predicted molar refractivity (Wildman–Crippen MR) is 55.9 cm³/mol. The number of carbonyl (C=O) groups is 2. The van der Waals surface area contributed by atoms with E-state index >= 15 is 0 Å². The summed E-state index contributed by atoms with van der Waals surface area (Å²) in [6.07, 6.45) is 0.446. The Bertz CT molecular complexity index is 200. The first-order valence-electron chi connectivity index (χ1n) is 5.08. The molecule has 0 fully saturated rings. The van der Waals surface area contributed by atoms with Gasteiger partial charge in [-0.05, 0) is 13.8 Å². The van der Waals surface area contributed by atoms with Crippen molar-refractivity contribution in [2.45, 2.75) is 27.2 Å². The van der Waals surface area contributed by atoms with Crippen molar-refractivity contribution in [3.8, 4) is 0 Å². The van der Waals surface area contributed by atoms with Gasteiger partial charge in [-0.15, -0.1) is 0 Å². The number of rotatable bonds is 5. The van der Waals surface area contributed by atoms with E-state index in [9.17, 15) is 9.59 Å². The number of hydrogen-bond acceptors (Lipinski definition) is 2. The van der Waals surface area contributed by atoms with Gasteiger partial charge >= 0.3 is 0 Å². The van der Waals surface area contributed by atoms with E-state index in [2.05, 4.69) is 0 Å². The summed E-state index contributed by atoms with van der Waals surface area (Å²) in [5.74, 6) is 0.0183. The molecule has 0 heterocycles. The Labute approximate surface area is 85.9 Å². The van der Waals surface area contributed by atoms with Gasteiger partial charge in [-0.3, -0.25) is 9.59 Å². The van der Waals surface area contributed by atoms with E-state index in [1.807, 2.05) is 13.8 Å². The van der Waals surface area contributed by atoms with Crippen LogP contribution in [-0.4, -0.2) is 48.3 Å². The zero-order valence-corrected chi connectivity index (χ0v) is 9.54. The molecule has 0 saturated heterocycles. The molecule has 14 heavy (non-hydrogen) atoms. The summed E-state index contributed by atoms with van der Waals surface area (Å²) in [4.78, 5) is 26.0. The van der Waals surface area contributed by atoms with Crippen molar-refractivity contribution in [3.63, 3.8) is 0 Å². The number of carbonyl (C=O) groups excluding carboxylic acids is 2. The van der Waals surface area contributed by atoms with Gasteiger partial charge in [0.05, 0.1) is 6.54 Å². The molecular formula is C10H20N2O2. The zero-order chi connectivity index (χ0) is 11.1. The highest BCUT2D eigenvalue weighted by Gasteiger charge is 2.14. The fourth-order valence-electron chi connectivity index (χ4n) is 1.24.